The van der Waals surface area contributed by atoms with Gasteiger partial charge in [-0.1, -0.05) is 11.6 Å². The zero-order valence-corrected chi connectivity index (χ0v) is 11.7. The molecule has 6 nitrogen and oxygen atoms in total. The van der Waals surface area contributed by atoms with E-state index in [4.69, 9.17) is 16.3 Å². The van der Waals surface area contributed by atoms with Gasteiger partial charge in [-0.25, -0.2) is 9.78 Å². The number of nitrogens with zero attached hydrogens (tertiary/aromatic N) is 2. The number of hydrogen-bond donors (Lipinski definition) is 2. The molecule has 7 heteroatoms. The molecule has 0 saturated heterocycles. The number of amides is 2. The molecule has 2 N–H and O–H groups in total. The molecule has 0 unspecified atom stereocenters. The molecule has 0 aliphatic carbocycles. The van der Waals surface area contributed by atoms with Gasteiger partial charge < -0.3 is 10.1 Å². The fraction of sp³-hybridized carbons (Fsp3) is 0.154. The summed E-state index contributed by atoms with van der Waals surface area (Å²) in [4.78, 5) is 19.9. The van der Waals surface area contributed by atoms with Crippen LogP contribution in [0.1, 0.15) is 5.69 Å². The Balaban J connectivity index is 2.04. The third-order valence-corrected chi connectivity index (χ3v) is 2.62. The summed E-state index contributed by atoms with van der Waals surface area (Å²) < 4.78 is 5.01. The maximum absolute atomic E-state index is 11.8. The van der Waals surface area contributed by atoms with Crippen molar-refractivity contribution in [1.29, 1.82) is 0 Å². The lowest BCUT2D eigenvalue weighted by molar-refractivity contribution is 0.262. The molecule has 1 aromatic carbocycles. The number of aryl methyl sites for hydroxylation is 1. The van der Waals surface area contributed by atoms with Crippen molar-refractivity contribution in [2.75, 3.05) is 17.7 Å². The van der Waals surface area contributed by atoms with E-state index in [0.717, 1.165) is 0 Å². The van der Waals surface area contributed by atoms with Crippen LogP contribution in [0.4, 0.5) is 16.4 Å². The first-order valence-electron chi connectivity index (χ1n) is 5.80. The molecule has 0 saturated carbocycles. The third kappa shape index (κ3) is 3.83. The Hall–Kier alpha value is -2.34. The minimum absolute atomic E-state index is 0.174. The molecular weight excluding hydrogens is 280 g/mol. The van der Waals surface area contributed by atoms with Crippen LogP contribution in [0.2, 0.25) is 5.02 Å². The second kappa shape index (κ2) is 6.21. The van der Waals surface area contributed by atoms with Crippen molar-refractivity contribution in [3.8, 4) is 5.88 Å². The van der Waals surface area contributed by atoms with E-state index in [1.807, 2.05) is 0 Å². The minimum Gasteiger partial charge on any atom is -0.481 e. The Labute approximate surface area is 121 Å². The number of carbonyl (C=O) groups excluding carboxylic acids is 1. The van der Waals surface area contributed by atoms with Crippen LogP contribution in [0.15, 0.2) is 30.3 Å². The average molecular weight is 293 g/mol. The number of benzene rings is 1. The van der Waals surface area contributed by atoms with Gasteiger partial charge in [0.2, 0.25) is 11.8 Å². The number of carbonyl (C=O) groups is 1. The Morgan fingerprint density at radius 2 is 1.90 bits per heavy atom. The van der Waals surface area contributed by atoms with Crippen LogP contribution in [0.25, 0.3) is 0 Å². The summed E-state index contributed by atoms with van der Waals surface area (Å²) in [6.07, 6.45) is 0. The van der Waals surface area contributed by atoms with E-state index >= 15 is 0 Å². The zero-order valence-electron chi connectivity index (χ0n) is 11.0. The third-order valence-electron chi connectivity index (χ3n) is 2.37. The van der Waals surface area contributed by atoms with Gasteiger partial charge in [-0.3, -0.25) is 5.32 Å². The summed E-state index contributed by atoms with van der Waals surface area (Å²) in [5.41, 5.74) is 1.31. The fourth-order valence-electron chi connectivity index (χ4n) is 1.50. The van der Waals surface area contributed by atoms with Gasteiger partial charge >= 0.3 is 6.03 Å². The number of methoxy groups -OCH3 is 1. The number of aromatic nitrogens is 2. The van der Waals surface area contributed by atoms with Crippen LogP contribution < -0.4 is 15.4 Å². The number of hydrogen-bond acceptors (Lipinski definition) is 4. The fourth-order valence-corrected chi connectivity index (χ4v) is 1.62. The van der Waals surface area contributed by atoms with E-state index in [9.17, 15) is 4.79 Å². The second-order valence-corrected chi connectivity index (χ2v) is 4.40. The standard InChI is InChI=1S/C13H13ClN4O2/c1-8-7-11(20-2)17-12(15-8)18-13(19)16-10-5-3-9(14)4-6-10/h3-7H,1-2H3,(H2,15,16,17,18,19). The molecule has 0 atom stereocenters. The van der Waals surface area contributed by atoms with Gasteiger partial charge in [-0.2, -0.15) is 4.98 Å². The van der Waals surface area contributed by atoms with Crippen molar-refractivity contribution in [2.24, 2.45) is 0 Å². The Kier molecular flexibility index (Phi) is 4.37. The Morgan fingerprint density at radius 3 is 2.55 bits per heavy atom. The van der Waals surface area contributed by atoms with E-state index in [1.54, 1.807) is 37.3 Å². The van der Waals surface area contributed by atoms with Crippen molar-refractivity contribution >= 4 is 29.3 Å². The van der Waals surface area contributed by atoms with Crippen LogP contribution in [0.3, 0.4) is 0 Å². The highest BCUT2D eigenvalue weighted by atomic mass is 35.5. The Morgan fingerprint density at radius 1 is 1.20 bits per heavy atom. The zero-order chi connectivity index (χ0) is 14.5. The molecule has 0 spiro atoms. The molecule has 0 bridgehead atoms. The molecular formula is C13H13ClN4O2. The van der Waals surface area contributed by atoms with Crippen molar-refractivity contribution in [1.82, 2.24) is 9.97 Å². The van der Waals surface area contributed by atoms with Crippen LogP contribution in [0, 0.1) is 6.92 Å². The molecule has 1 aromatic heterocycles. The normalized spacial score (nSPS) is 9.95. The number of urea groups is 1. The number of rotatable bonds is 3. The van der Waals surface area contributed by atoms with Crippen molar-refractivity contribution < 1.29 is 9.53 Å². The Bertz CT molecular complexity index is 616. The topological polar surface area (TPSA) is 76.1 Å². The molecule has 0 fully saturated rings. The maximum Gasteiger partial charge on any atom is 0.326 e. The summed E-state index contributed by atoms with van der Waals surface area (Å²) in [6.45, 7) is 1.78. The number of ether oxygens (including phenoxy) is 1. The summed E-state index contributed by atoms with van der Waals surface area (Å²) in [6, 6.07) is 7.98. The van der Waals surface area contributed by atoms with Gasteiger partial charge in [0.25, 0.3) is 0 Å². The highest BCUT2D eigenvalue weighted by Gasteiger charge is 2.07. The molecule has 20 heavy (non-hydrogen) atoms. The van der Waals surface area contributed by atoms with Crippen molar-refractivity contribution in [3.63, 3.8) is 0 Å². The van der Waals surface area contributed by atoms with Crippen molar-refractivity contribution in [2.45, 2.75) is 6.92 Å². The van der Waals surface area contributed by atoms with Crippen LogP contribution >= 0.6 is 11.6 Å². The highest BCUT2D eigenvalue weighted by molar-refractivity contribution is 6.30. The second-order valence-electron chi connectivity index (χ2n) is 3.96. The largest absolute Gasteiger partial charge is 0.481 e. The monoisotopic (exact) mass is 292 g/mol. The van der Waals surface area contributed by atoms with Gasteiger partial charge in [-0.15, -0.1) is 0 Å². The van der Waals surface area contributed by atoms with Crippen LogP contribution in [-0.2, 0) is 0 Å². The van der Waals surface area contributed by atoms with Crippen molar-refractivity contribution in [3.05, 3.63) is 41.0 Å². The minimum atomic E-state index is -0.444. The molecule has 2 rings (SSSR count). The van der Waals surface area contributed by atoms with Gasteiger partial charge in [0, 0.05) is 22.5 Å². The predicted molar refractivity (Wildman–Crippen MR) is 77.4 cm³/mol. The molecule has 0 radical (unpaired) electrons. The van der Waals surface area contributed by atoms with Gasteiger partial charge in [0.1, 0.15) is 0 Å². The smallest absolute Gasteiger partial charge is 0.326 e. The molecule has 0 aliphatic heterocycles. The first kappa shape index (κ1) is 14.1. The molecule has 1 heterocycles. The molecule has 0 aliphatic rings. The van der Waals surface area contributed by atoms with Gasteiger partial charge in [0.05, 0.1) is 7.11 Å². The predicted octanol–water partition coefficient (Wildman–Crippen LogP) is 3.09. The molecule has 2 amide bonds. The van der Waals surface area contributed by atoms with E-state index in [1.165, 1.54) is 7.11 Å². The maximum atomic E-state index is 11.8. The molecule has 2 aromatic rings. The quantitative estimate of drug-likeness (QED) is 0.911. The average Bonchev–Trinajstić information content (AvgIpc) is 2.40. The highest BCUT2D eigenvalue weighted by Crippen LogP contribution is 2.14. The van der Waals surface area contributed by atoms with E-state index in [-0.39, 0.29) is 5.95 Å². The van der Waals surface area contributed by atoms with E-state index in [0.29, 0.717) is 22.3 Å². The lowest BCUT2D eigenvalue weighted by atomic mass is 10.3. The first-order valence-corrected chi connectivity index (χ1v) is 6.18. The van der Waals surface area contributed by atoms with E-state index < -0.39 is 6.03 Å². The first-order chi connectivity index (χ1) is 9.56. The molecule has 104 valence electrons. The van der Waals surface area contributed by atoms with Gasteiger partial charge in [-0.05, 0) is 31.2 Å². The summed E-state index contributed by atoms with van der Waals surface area (Å²) in [7, 11) is 1.50. The summed E-state index contributed by atoms with van der Waals surface area (Å²) >= 11 is 5.77. The lowest BCUT2D eigenvalue weighted by Gasteiger charge is -2.08. The number of anilines is 2. The van der Waals surface area contributed by atoms with E-state index in [2.05, 4.69) is 20.6 Å². The van der Waals surface area contributed by atoms with Crippen LogP contribution in [0.5, 0.6) is 5.88 Å². The summed E-state index contributed by atoms with van der Waals surface area (Å²) in [5.74, 6) is 0.563. The van der Waals surface area contributed by atoms with Crippen LogP contribution in [-0.4, -0.2) is 23.1 Å². The number of halogens is 1. The van der Waals surface area contributed by atoms with Gasteiger partial charge in [0.15, 0.2) is 0 Å². The number of nitrogens with one attached hydrogen (secondary N) is 2. The summed E-state index contributed by atoms with van der Waals surface area (Å²) in [5, 5.41) is 5.78. The SMILES string of the molecule is COc1cc(C)nc(NC(=O)Nc2ccc(Cl)cc2)n1. The lowest BCUT2D eigenvalue weighted by Crippen LogP contribution is -2.21.